The summed E-state index contributed by atoms with van der Waals surface area (Å²) in [5, 5.41) is 14.5. The van der Waals surface area contributed by atoms with Crippen molar-refractivity contribution in [2.24, 2.45) is 5.41 Å². The molecule has 13 nitrogen and oxygen atoms in total. The van der Waals surface area contributed by atoms with Gasteiger partial charge in [-0.2, -0.15) is 25.0 Å². The van der Waals surface area contributed by atoms with Crippen molar-refractivity contribution in [3.8, 4) is 23.3 Å². The van der Waals surface area contributed by atoms with Gasteiger partial charge in [0.15, 0.2) is 5.82 Å². The normalized spacial score (nSPS) is 22.8. The number of halogens is 3. The summed E-state index contributed by atoms with van der Waals surface area (Å²) in [4.78, 5) is 36.6. The fourth-order valence-corrected chi connectivity index (χ4v) is 9.61. The van der Waals surface area contributed by atoms with Crippen LogP contribution in [0.15, 0.2) is 31.0 Å². The van der Waals surface area contributed by atoms with E-state index in [2.05, 4.69) is 29.9 Å². The summed E-state index contributed by atoms with van der Waals surface area (Å²) in [6.45, 7) is 3.48. The summed E-state index contributed by atoms with van der Waals surface area (Å²) in [5.41, 5.74) is 5.47. The highest BCUT2D eigenvalue weighted by molar-refractivity contribution is 7.23. The minimum atomic E-state index is -0.951. The van der Waals surface area contributed by atoms with Crippen LogP contribution in [0.5, 0.6) is 6.01 Å². The van der Waals surface area contributed by atoms with Crippen LogP contribution in [0, 0.1) is 28.4 Å². The van der Waals surface area contributed by atoms with Crippen molar-refractivity contribution in [1.82, 2.24) is 39.5 Å². The number of piperidine rings is 1. The van der Waals surface area contributed by atoms with E-state index in [1.54, 1.807) is 4.90 Å². The summed E-state index contributed by atoms with van der Waals surface area (Å²) >= 11 is 0.921. The van der Waals surface area contributed by atoms with Crippen molar-refractivity contribution < 1.29 is 22.7 Å². The highest BCUT2D eigenvalue weighted by Crippen LogP contribution is 2.45. The molecule has 8 heterocycles. The molecule has 0 saturated carbocycles. The zero-order chi connectivity index (χ0) is 35.1. The number of nitrogen functional groups attached to an aromatic ring is 1. The topological polar surface area (TPSA) is 155 Å². The number of benzene rings is 1. The Morgan fingerprint density at radius 1 is 1.16 bits per heavy atom. The molecule has 1 amide bonds. The van der Waals surface area contributed by atoms with Crippen LogP contribution < -0.4 is 15.4 Å². The van der Waals surface area contributed by atoms with E-state index in [1.165, 1.54) is 35.7 Å². The largest absolute Gasteiger partial charge is 0.461 e. The predicted molar refractivity (Wildman–Crippen MR) is 182 cm³/mol. The van der Waals surface area contributed by atoms with Crippen molar-refractivity contribution >= 4 is 49.2 Å². The summed E-state index contributed by atoms with van der Waals surface area (Å²) < 4.78 is 54.0. The van der Waals surface area contributed by atoms with Gasteiger partial charge in [-0.3, -0.25) is 9.88 Å². The number of carbonyl (C=O) groups is 1. The van der Waals surface area contributed by atoms with E-state index >= 15 is 4.39 Å². The number of hydrogen-bond acceptors (Lipinski definition) is 12. The van der Waals surface area contributed by atoms with Crippen LogP contribution in [0.3, 0.4) is 0 Å². The second-order valence-electron chi connectivity index (χ2n) is 14.1. The Morgan fingerprint density at radius 3 is 2.80 bits per heavy atom. The Labute approximate surface area is 293 Å². The van der Waals surface area contributed by atoms with E-state index in [4.69, 9.17) is 15.5 Å². The average molecular weight is 716 g/mol. The molecule has 9 rings (SSSR count). The Hall–Kier alpha value is -5.08. The van der Waals surface area contributed by atoms with Gasteiger partial charge < -0.3 is 20.3 Å². The van der Waals surface area contributed by atoms with E-state index < -0.39 is 23.3 Å². The molecule has 51 heavy (non-hydrogen) atoms. The Bertz CT molecular complexity index is 2250. The van der Waals surface area contributed by atoms with Gasteiger partial charge in [-0.05, 0) is 44.4 Å². The van der Waals surface area contributed by atoms with Gasteiger partial charge in [0.1, 0.15) is 59.3 Å². The molecule has 0 bridgehead atoms. The van der Waals surface area contributed by atoms with E-state index in [0.29, 0.717) is 50.3 Å². The van der Waals surface area contributed by atoms with Gasteiger partial charge in [0, 0.05) is 61.7 Å². The first-order valence-corrected chi connectivity index (χ1v) is 17.7. The quantitative estimate of drug-likeness (QED) is 0.268. The molecular weight excluding hydrogens is 684 g/mol. The Kier molecular flexibility index (Phi) is 7.33. The number of nitrogens with two attached hydrogens (primary N) is 1. The van der Waals surface area contributed by atoms with Crippen LogP contribution in [0.4, 0.5) is 28.8 Å². The summed E-state index contributed by atoms with van der Waals surface area (Å²) in [7, 11) is 0. The minimum Gasteiger partial charge on any atom is -0.461 e. The standard InChI is InChI=1S/C34H32F3N11O2S/c35-19-9-34(6-2-8-47(34)12-19)16-50-31-43-27-22(11-41-26(25(27)37)20-3-4-23(36)28-24(20)21(10-38)29(39)51-28)30(44-31)45-7-1-5-33(13-45)14-46(15-33)32(49)48-18-40-17-42-48/h3-4,11,17-19H,1-2,5-9,12-16,39H2/t19-,34+/m1/s1. The fraction of sp³-hybridized carbons (Fsp3) is 0.441. The first kappa shape index (κ1) is 31.9. The van der Waals surface area contributed by atoms with Crippen molar-refractivity contribution in [1.29, 1.82) is 5.26 Å². The predicted octanol–water partition coefficient (Wildman–Crippen LogP) is 4.76. The second kappa shape index (κ2) is 11.7. The zero-order valence-corrected chi connectivity index (χ0v) is 28.2. The smallest absolute Gasteiger partial charge is 0.346 e. The lowest BCUT2D eigenvalue weighted by Gasteiger charge is -2.54. The molecule has 2 N–H and O–H groups in total. The number of thiophene rings is 1. The number of nitrogens with zero attached hydrogens (tertiary/aromatic N) is 10. The van der Waals surface area contributed by atoms with Gasteiger partial charge in [-0.15, -0.1) is 11.3 Å². The number of pyridine rings is 1. The minimum absolute atomic E-state index is 0.0463. The van der Waals surface area contributed by atoms with Crippen molar-refractivity contribution in [3.05, 3.63) is 48.2 Å². The summed E-state index contributed by atoms with van der Waals surface area (Å²) in [6, 6.07) is 4.33. The molecule has 4 aromatic heterocycles. The van der Waals surface area contributed by atoms with Crippen LogP contribution in [-0.4, -0.2) is 103 Å². The number of fused-ring (bicyclic) bond motifs is 3. The monoisotopic (exact) mass is 715 g/mol. The van der Waals surface area contributed by atoms with Gasteiger partial charge in [0.2, 0.25) is 0 Å². The number of hydrogen-bond donors (Lipinski definition) is 1. The highest BCUT2D eigenvalue weighted by atomic mass is 32.1. The van der Waals surface area contributed by atoms with Gasteiger partial charge in [-0.25, -0.2) is 22.9 Å². The molecule has 5 aromatic rings. The van der Waals surface area contributed by atoms with Crippen LogP contribution in [-0.2, 0) is 0 Å². The zero-order valence-electron chi connectivity index (χ0n) is 27.4. The number of likely N-dealkylation sites (tertiary alicyclic amines) is 1. The molecule has 0 unspecified atom stereocenters. The molecule has 4 saturated heterocycles. The Balaban J connectivity index is 1.11. The number of amides is 1. The lowest BCUT2D eigenvalue weighted by Crippen LogP contribution is -2.65. The fourth-order valence-electron chi connectivity index (χ4n) is 8.66. The SMILES string of the molecule is N#Cc1c(N)sc2c(F)ccc(-c3ncc4c(N5CCCC6(CN(C(=O)n7cncn7)C6)C5)nc(OC[C@@]56CCCN5C[C@H](F)C6)nc4c3F)c12. The maximum Gasteiger partial charge on any atom is 0.346 e. The van der Waals surface area contributed by atoms with E-state index in [-0.39, 0.29) is 61.5 Å². The molecule has 0 aliphatic carbocycles. The van der Waals surface area contributed by atoms with Gasteiger partial charge in [-0.1, -0.05) is 0 Å². The third-order valence-electron chi connectivity index (χ3n) is 11.0. The van der Waals surface area contributed by atoms with Crippen LogP contribution >= 0.6 is 11.3 Å². The van der Waals surface area contributed by atoms with Crippen molar-refractivity contribution in [2.75, 3.05) is 56.5 Å². The number of nitriles is 1. The molecule has 2 atom stereocenters. The molecule has 1 aromatic carbocycles. The molecule has 1 spiro atoms. The number of aromatic nitrogens is 6. The molecule has 4 aliphatic rings. The van der Waals surface area contributed by atoms with Crippen LogP contribution in [0.25, 0.3) is 32.2 Å². The molecule has 17 heteroatoms. The Morgan fingerprint density at radius 2 is 2.00 bits per heavy atom. The lowest BCUT2D eigenvalue weighted by atomic mass is 9.73. The number of anilines is 2. The average Bonchev–Trinajstić information content (AvgIpc) is 3.90. The highest BCUT2D eigenvalue weighted by Gasteiger charge is 2.50. The van der Waals surface area contributed by atoms with Gasteiger partial charge >= 0.3 is 12.0 Å². The molecule has 4 aliphatic heterocycles. The van der Waals surface area contributed by atoms with Gasteiger partial charge in [0.25, 0.3) is 0 Å². The van der Waals surface area contributed by atoms with Crippen LogP contribution in [0.2, 0.25) is 0 Å². The third-order valence-corrected chi connectivity index (χ3v) is 12.0. The number of carbonyl (C=O) groups excluding carboxylic acids is 1. The second-order valence-corrected chi connectivity index (χ2v) is 15.2. The summed E-state index contributed by atoms with van der Waals surface area (Å²) in [6.07, 6.45) is 6.99. The maximum absolute atomic E-state index is 16.9. The van der Waals surface area contributed by atoms with Crippen molar-refractivity contribution in [3.63, 3.8) is 0 Å². The van der Waals surface area contributed by atoms with Crippen LogP contribution in [0.1, 0.15) is 37.7 Å². The number of ether oxygens (including phenoxy) is 1. The number of rotatable bonds is 5. The van der Waals surface area contributed by atoms with E-state index in [0.717, 1.165) is 43.6 Å². The molecular formula is C34H32F3N11O2S. The first-order chi connectivity index (χ1) is 24.7. The number of alkyl halides is 1. The molecule has 4 fully saturated rings. The lowest BCUT2D eigenvalue weighted by molar-refractivity contribution is 0.0189. The van der Waals surface area contributed by atoms with Gasteiger partial charge in [0.05, 0.1) is 21.2 Å². The summed E-state index contributed by atoms with van der Waals surface area (Å²) in [5.74, 6) is -0.925. The van der Waals surface area contributed by atoms with Crippen molar-refractivity contribution in [2.45, 2.75) is 43.8 Å². The van der Waals surface area contributed by atoms with E-state index in [1.807, 2.05) is 6.07 Å². The van der Waals surface area contributed by atoms with E-state index in [9.17, 15) is 18.8 Å². The molecule has 0 radical (unpaired) electrons. The first-order valence-electron chi connectivity index (χ1n) is 16.9. The third kappa shape index (κ3) is 5.06. The molecule has 262 valence electrons. The maximum atomic E-state index is 16.9.